The maximum absolute atomic E-state index is 12.4. The molecule has 29 heavy (non-hydrogen) atoms. The van der Waals surface area contributed by atoms with E-state index in [4.69, 9.17) is 6.42 Å². The molecule has 0 spiro atoms. The third-order valence-corrected chi connectivity index (χ3v) is 5.73. The van der Waals surface area contributed by atoms with E-state index in [0.29, 0.717) is 13.1 Å². The summed E-state index contributed by atoms with van der Waals surface area (Å²) in [7, 11) is 0. The van der Waals surface area contributed by atoms with E-state index in [1.165, 1.54) is 0 Å². The number of aryl methyl sites for hydroxylation is 1. The highest BCUT2D eigenvalue weighted by molar-refractivity contribution is 5.93. The topological polar surface area (TPSA) is 64.7 Å². The highest BCUT2D eigenvalue weighted by atomic mass is 16.2. The second-order valence-corrected chi connectivity index (χ2v) is 7.59. The lowest BCUT2D eigenvalue weighted by atomic mass is 9.94. The molecule has 6 nitrogen and oxygen atoms in total. The molecule has 1 aromatic carbocycles. The number of rotatable bonds is 9. The molecule has 2 rings (SSSR count). The van der Waals surface area contributed by atoms with Crippen molar-refractivity contribution in [1.82, 2.24) is 15.1 Å². The summed E-state index contributed by atoms with van der Waals surface area (Å²) in [4.78, 5) is 29.1. The molecule has 1 aromatic rings. The van der Waals surface area contributed by atoms with Crippen LogP contribution in [0.4, 0.5) is 5.69 Å². The lowest BCUT2D eigenvalue weighted by Crippen LogP contribution is -2.54. The second kappa shape index (κ2) is 11.0. The van der Waals surface area contributed by atoms with E-state index < -0.39 is 5.54 Å². The van der Waals surface area contributed by atoms with E-state index in [0.717, 1.165) is 56.7 Å². The number of amides is 2. The van der Waals surface area contributed by atoms with Gasteiger partial charge in [-0.1, -0.05) is 44.9 Å². The molecular formula is C23H34N4O2. The first kappa shape index (κ1) is 22.9. The van der Waals surface area contributed by atoms with Crippen LogP contribution in [0.3, 0.4) is 0 Å². The maximum atomic E-state index is 12.4. The number of terminal acetylenes is 1. The number of anilines is 1. The molecule has 0 unspecified atom stereocenters. The highest BCUT2D eigenvalue weighted by Crippen LogP contribution is 2.16. The zero-order valence-electron chi connectivity index (χ0n) is 18.0. The number of hydrogen-bond acceptors (Lipinski definition) is 4. The Bertz CT molecular complexity index is 729. The van der Waals surface area contributed by atoms with Crippen molar-refractivity contribution in [3.8, 4) is 12.3 Å². The minimum absolute atomic E-state index is 0.00166. The van der Waals surface area contributed by atoms with Gasteiger partial charge in [-0.2, -0.15) is 0 Å². The number of benzene rings is 1. The van der Waals surface area contributed by atoms with Crippen LogP contribution in [0.15, 0.2) is 24.3 Å². The van der Waals surface area contributed by atoms with Crippen LogP contribution in [0.5, 0.6) is 0 Å². The van der Waals surface area contributed by atoms with Crippen LogP contribution < -0.4 is 10.6 Å². The van der Waals surface area contributed by atoms with E-state index in [-0.39, 0.29) is 11.8 Å². The molecule has 1 aliphatic rings. The number of nitrogens with zero attached hydrogens (tertiary/aromatic N) is 2. The molecule has 1 saturated heterocycles. The number of piperazine rings is 1. The van der Waals surface area contributed by atoms with Crippen LogP contribution in [0.25, 0.3) is 0 Å². The molecule has 0 aliphatic carbocycles. The molecule has 0 bridgehead atoms. The van der Waals surface area contributed by atoms with Crippen molar-refractivity contribution in [3.63, 3.8) is 0 Å². The maximum Gasteiger partial charge on any atom is 0.238 e. The Labute approximate surface area is 175 Å². The van der Waals surface area contributed by atoms with Crippen LogP contribution in [0.1, 0.15) is 39.2 Å². The van der Waals surface area contributed by atoms with Crippen molar-refractivity contribution >= 4 is 17.5 Å². The quantitative estimate of drug-likeness (QED) is 0.626. The molecule has 0 aromatic heterocycles. The van der Waals surface area contributed by atoms with Gasteiger partial charge in [0.25, 0.3) is 0 Å². The predicted molar refractivity (Wildman–Crippen MR) is 118 cm³/mol. The number of nitrogens with one attached hydrogen (secondary N) is 2. The normalized spacial score (nSPS) is 15.5. The van der Waals surface area contributed by atoms with Gasteiger partial charge in [-0.3, -0.25) is 19.4 Å². The van der Waals surface area contributed by atoms with Gasteiger partial charge in [0, 0.05) is 31.9 Å². The highest BCUT2D eigenvalue weighted by Gasteiger charge is 2.27. The van der Waals surface area contributed by atoms with Crippen molar-refractivity contribution < 1.29 is 9.59 Å². The van der Waals surface area contributed by atoms with Crippen molar-refractivity contribution in [1.29, 1.82) is 0 Å². The van der Waals surface area contributed by atoms with Gasteiger partial charge in [0.05, 0.1) is 13.1 Å². The number of para-hydroxylation sites is 1. The summed E-state index contributed by atoms with van der Waals surface area (Å²) in [5.41, 5.74) is 1.48. The van der Waals surface area contributed by atoms with Crippen molar-refractivity contribution in [2.45, 2.75) is 45.6 Å². The molecule has 0 atom stereocenters. The lowest BCUT2D eigenvalue weighted by molar-refractivity contribution is -0.124. The Morgan fingerprint density at radius 1 is 1.00 bits per heavy atom. The zero-order valence-corrected chi connectivity index (χ0v) is 18.0. The Kier molecular flexibility index (Phi) is 8.69. The molecule has 2 N–H and O–H groups in total. The molecular weight excluding hydrogens is 364 g/mol. The van der Waals surface area contributed by atoms with Gasteiger partial charge in [0.2, 0.25) is 11.8 Å². The molecule has 2 amide bonds. The van der Waals surface area contributed by atoms with Gasteiger partial charge in [-0.25, -0.2) is 0 Å². The Balaban J connectivity index is 1.77. The second-order valence-electron chi connectivity index (χ2n) is 7.59. The number of carbonyl (C=O) groups excluding carboxylic acids is 2. The van der Waals surface area contributed by atoms with Crippen LogP contribution in [-0.2, 0) is 16.0 Å². The van der Waals surface area contributed by atoms with Gasteiger partial charge in [0.1, 0.15) is 5.54 Å². The Hall–Kier alpha value is -2.36. The first-order valence-electron chi connectivity index (χ1n) is 10.6. The average molecular weight is 399 g/mol. The van der Waals surface area contributed by atoms with Gasteiger partial charge in [0.15, 0.2) is 0 Å². The van der Waals surface area contributed by atoms with Crippen LogP contribution in [-0.4, -0.2) is 66.4 Å². The van der Waals surface area contributed by atoms with Gasteiger partial charge in [-0.15, -0.1) is 6.42 Å². The van der Waals surface area contributed by atoms with Gasteiger partial charge >= 0.3 is 0 Å². The number of hydrogen-bond donors (Lipinski definition) is 2. The van der Waals surface area contributed by atoms with Gasteiger partial charge < -0.3 is 10.6 Å². The van der Waals surface area contributed by atoms with Crippen LogP contribution >= 0.6 is 0 Å². The molecule has 1 aliphatic heterocycles. The molecule has 1 heterocycles. The summed E-state index contributed by atoms with van der Waals surface area (Å²) in [6, 6.07) is 7.89. The molecule has 0 radical (unpaired) electrons. The van der Waals surface area contributed by atoms with E-state index in [1.807, 2.05) is 38.1 Å². The third kappa shape index (κ3) is 6.59. The first-order valence-corrected chi connectivity index (χ1v) is 10.6. The van der Waals surface area contributed by atoms with Crippen molar-refractivity contribution in [2.75, 3.05) is 44.6 Å². The summed E-state index contributed by atoms with van der Waals surface area (Å²) >= 11 is 0. The molecule has 158 valence electrons. The zero-order chi connectivity index (χ0) is 21.3. The largest absolute Gasteiger partial charge is 0.339 e. The first-order chi connectivity index (χ1) is 13.9. The standard InChI is InChI=1S/C23H34N4O2/c1-5-19-11-9-10-12-20(19)24-21(28)17-26-13-15-27(16-14-26)18-22(29)25-23(6-2,7-3)8-4/h2,9-12H,5,7-8,13-18H2,1,3-4H3,(H,24,28)(H,25,29). The minimum Gasteiger partial charge on any atom is -0.339 e. The third-order valence-electron chi connectivity index (χ3n) is 5.73. The van der Waals surface area contributed by atoms with Crippen LogP contribution in [0.2, 0.25) is 0 Å². The fourth-order valence-electron chi connectivity index (χ4n) is 3.63. The fourth-order valence-corrected chi connectivity index (χ4v) is 3.63. The Morgan fingerprint density at radius 2 is 1.55 bits per heavy atom. The van der Waals surface area contributed by atoms with E-state index in [9.17, 15) is 9.59 Å². The minimum atomic E-state index is -0.550. The Morgan fingerprint density at radius 3 is 2.07 bits per heavy atom. The fraction of sp³-hybridized carbons (Fsp3) is 0.565. The number of carbonyl (C=O) groups is 2. The summed E-state index contributed by atoms with van der Waals surface area (Å²) in [5, 5.41) is 6.03. The molecule has 6 heteroatoms. The lowest BCUT2D eigenvalue weighted by Gasteiger charge is -2.35. The molecule has 1 fully saturated rings. The average Bonchev–Trinajstić information content (AvgIpc) is 2.74. The van der Waals surface area contributed by atoms with E-state index in [1.54, 1.807) is 0 Å². The van der Waals surface area contributed by atoms with Gasteiger partial charge in [-0.05, 0) is 30.9 Å². The smallest absolute Gasteiger partial charge is 0.238 e. The predicted octanol–water partition coefficient (Wildman–Crippen LogP) is 2.11. The summed E-state index contributed by atoms with van der Waals surface area (Å²) in [5.74, 6) is 2.70. The van der Waals surface area contributed by atoms with Crippen molar-refractivity contribution in [3.05, 3.63) is 29.8 Å². The summed E-state index contributed by atoms with van der Waals surface area (Å²) in [6.45, 7) is 9.81. The SMILES string of the molecule is C#CC(CC)(CC)NC(=O)CN1CCN(CC(=O)Nc2ccccc2CC)CC1. The molecule has 0 saturated carbocycles. The van der Waals surface area contributed by atoms with E-state index in [2.05, 4.69) is 33.3 Å². The summed E-state index contributed by atoms with van der Waals surface area (Å²) in [6.07, 6.45) is 7.94. The summed E-state index contributed by atoms with van der Waals surface area (Å²) < 4.78 is 0. The van der Waals surface area contributed by atoms with E-state index >= 15 is 0 Å². The van der Waals surface area contributed by atoms with Crippen molar-refractivity contribution in [2.24, 2.45) is 0 Å². The monoisotopic (exact) mass is 398 g/mol. The van der Waals surface area contributed by atoms with Crippen LogP contribution in [0, 0.1) is 12.3 Å².